The molecule has 0 saturated heterocycles. The Morgan fingerprint density at radius 2 is 2.05 bits per heavy atom. The lowest BCUT2D eigenvalue weighted by Gasteiger charge is -2.45. The predicted molar refractivity (Wildman–Crippen MR) is 79.5 cm³/mol. The molecule has 0 aliphatic heterocycles. The molecule has 4 heteroatoms. The lowest BCUT2D eigenvalue weighted by atomic mass is 9.72. The second-order valence-electron chi connectivity index (χ2n) is 6.60. The Bertz CT molecular complexity index is 354. The molecule has 1 N–H and O–H groups in total. The summed E-state index contributed by atoms with van der Waals surface area (Å²) in [7, 11) is 0. The molecule has 1 rings (SSSR count). The highest BCUT2D eigenvalue weighted by Crippen LogP contribution is 2.40. The normalized spacial score (nSPS) is 26.6. The smallest absolute Gasteiger partial charge is 0.329 e. The van der Waals surface area contributed by atoms with Gasteiger partial charge in [0.15, 0.2) is 0 Å². The molecule has 1 aliphatic rings. The third-order valence-electron chi connectivity index (χ3n) is 4.38. The summed E-state index contributed by atoms with van der Waals surface area (Å²) in [4.78, 5) is 25.5. The van der Waals surface area contributed by atoms with Gasteiger partial charge in [-0.3, -0.25) is 4.79 Å². The number of carbonyl (C=O) groups is 2. The van der Waals surface area contributed by atoms with E-state index < -0.39 is 11.5 Å². The molecule has 1 aliphatic carbocycles. The Morgan fingerprint density at radius 1 is 1.40 bits per heavy atom. The first kappa shape index (κ1) is 17.0. The Morgan fingerprint density at radius 3 is 2.50 bits per heavy atom. The second-order valence-corrected chi connectivity index (χ2v) is 6.60. The molecule has 0 spiro atoms. The van der Waals surface area contributed by atoms with Gasteiger partial charge in [-0.25, -0.2) is 4.79 Å². The molecule has 20 heavy (non-hydrogen) atoms. The van der Waals surface area contributed by atoms with Crippen molar-refractivity contribution in [1.29, 1.82) is 0 Å². The maximum atomic E-state index is 11.9. The van der Waals surface area contributed by atoms with Crippen molar-refractivity contribution in [2.24, 2.45) is 11.8 Å². The number of rotatable bonds is 6. The summed E-state index contributed by atoms with van der Waals surface area (Å²) >= 11 is 0. The Balaban J connectivity index is 3.00. The summed E-state index contributed by atoms with van der Waals surface area (Å²) in [5.74, 6) is 0.0501. The Labute approximate surface area is 122 Å². The molecule has 0 radical (unpaired) electrons. The number of hydrogen-bond acceptors (Lipinski definition) is 2. The minimum absolute atomic E-state index is 0.112. The molecule has 116 valence electrons. The van der Waals surface area contributed by atoms with Crippen molar-refractivity contribution in [2.75, 3.05) is 6.54 Å². The van der Waals surface area contributed by atoms with Crippen molar-refractivity contribution < 1.29 is 14.7 Å². The second kappa shape index (κ2) is 7.09. The maximum Gasteiger partial charge on any atom is 0.329 e. The van der Waals surface area contributed by atoms with E-state index in [1.807, 2.05) is 6.92 Å². The quantitative estimate of drug-likeness (QED) is 0.813. The molecule has 2 unspecified atom stereocenters. The molecule has 1 amide bonds. The first-order valence-electron chi connectivity index (χ1n) is 7.85. The van der Waals surface area contributed by atoms with E-state index in [1.54, 1.807) is 4.90 Å². The number of amides is 1. The van der Waals surface area contributed by atoms with E-state index in [2.05, 4.69) is 13.8 Å². The van der Waals surface area contributed by atoms with Gasteiger partial charge < -0.3 is 10.0 Å². The third-order valence-corrected chi connectivity index (χ3v) is 4.38. The van der Waals surface area contributed by atoms with Crippen LogP contribution in [0, 0.1) is 11.8 Å². The lowest BCUT2D eigenvalue weighted by molar-refractivity contribution is -0.163. The average molecular weight is 283 g/mol. The van der Waals surface area contributed by atoms with Crippen LogP contribution < -0.4 is 0 Å². The van der Waals surface area contributed by atoms with Crippen molar-refractivity contribution in [2.45, 2.75) is 71.8 Å². The van der Waals surface area contributed by atoms with E-state index in [1.165, 1.54) is 6.92 Å². The summed E-state index contributed by atoms with van der Waals surface area (Å²) in [5, 5.41) is 9.79. The number of hydrogen-bond donors (Lipinski definition) is 1. The van der Waals surface area contributed by atoms with Crippen LogP contribution in [0.4, 0.5) is 0 Å². The van der Waals surface area contributed by atoms with Crippen LogP contribution in [0.25, 0.3) is 0 Å². The van der Waals surface area contributed by atoms with E-state index >= 15 is 0 Å². The van der Waals surface area contributed by atoms with Gasteiger partial charge in [0.25, 0.3) is 0 Å². The molecule has 0 bridgehead atoms. The molecular weight excluding hydrogens is 254 g/mol. The number of nitrogens with zero attached hydrogens (tertiary/aromatic N) is 1. The molecule has 2 atom stereocenters. The zero-order valence-corrected chi connectivity index (χ0v) is 13.3. The summed E-state index contributed by atoms with van der Waals surface area (Å²) < 4.78 is 0. The van der Waals surface area contributed by atoms with Crippen LogP contribution in [0.2, 0.25) is 0 Å². The fourth-order valence-electron chi connectivity index (χ4n) is 3.68. The van der Waals surface area contributed by atoms with Crippen molar-refractivity contribution in [3.05, 3.63) is 0 Å². The molecule has 4 nitrogen and oxygen atoms in total. The monoisotopic (exact) mass is 283 g/mol. The summed E-state index contributed by atoms with van der Waals surface area (Å²) in [6.45, 7) is 8.36. The van der Waals surface area contributed by atoms with Crippen molar-refractivity contribution in [3.8, 4) is 0 Å². The highest BCUT2D eigenvalue weighted by molar-refractivity contribution is 5.86. The highest BCUT2D eigenvalue weighted by atomic mass is 16.4. The minimum Gasteiger partial charge on any atom is -0.479 e. The van der Waals surface area contributed by atoms with Gasteiger partial charge in [-0.2, -0.15) is 0 Å². The molecular formula is C16H29NO3. The van der Waals surface area contributed by atoms with Gasteiger partial charge >= 0.3 is 5.97 Å². The number of carboxylic acids is 1. The maximum absolute atomic E-state index is 11.9. The van der Waals surface area contributed by atoms with Gasteiger partial charge in [0.1, 0.15) is 5.54 Å². The largest absolute Gasteiger partial charge is 0.479 e. The minimum atomic E-state index is -0.973. The number of aliphatic carboxylic acids is 1. The molecule has 0 aromatic carbocycles. The first-order valence-corrected chi connectivity index (χ1v) is 7.85. The van der Waals surface area contributed by atoms with Gasteiger partial charge in [-0.15, -0.1) is 0 Å². The average Bonchev–Trinajstić information content (AvgIpc) is 2.34. The van der Waals surface area contributed by atoms with Crippen LogP contribution in [0.1, 0.15) is 66.2 Å². The lowest BCUT2D eigenvalue weighted by Crippen LogP contribution is -2.59. The first-order chi connectivity index (χ1) is 9.33. The number of carbonyl (C=O) groups excluding carboxylic acids is 1. The van der Waals surface area contributed by atoms with Crippen molar-refractivity contribution in [3.63, 3.8) is 0 Å². The van der Waals surface area contributed by atoms with E-state index in [0.29, 0.717) is 31.2 Å². The molecule has 1 fully saturated rings. The molecule has 0 aromatic heterocycles. The van der Waals surface area contributed by atoms with Gasteiger partial charge in [-0.05, 0) is 37.5 Å². The van der Waals surface area contributed by atoms with Gasteiger partial charge in [0.2, 0.25) is 5.91 Å². The van der Waals surface area contributed by atoms with E-state index in [0.717, 1.165) is 25.7 Å². The van der Waals surface area contributed by atoms with Crippen LogP contribution in [-0.4, -0.2) is 34.0 Å². The van der Waals surface area contributed by atoms with Crippen LogP contribution >= 0.6 is 0 Å². The van der Waals surface area contributed by atoms with E-state index in [-0.39, 0.29) is 5.91 Å². The zero-order valence-electron chi connectivity index (χ0n) is 13.3. The number of carboxylic acid groups (broad SMARTS) is 1. The topological polar surface area (TPSA) is 57.6 Å². The standard InChI is InChI=1S/C16H29NO3/c1-5-9-17(13(4)18)16(15(19)20)8-6-7-14(11-16)10-12(2)3/h12,14H,5-11H2,1-4H3,(H,19,20). The van der Waals surface area contributed by atoms with Crippen molar-refractivity contribution >= 4 is 11.9 Å². The molecule has 0 heterocycles. The summed E-state index contributed by atoms with van der Waals surface area (Å²) in [5.41, 5.74) is -0.973. The Hall–Kier alpha value is -1.06. The Kier molecular flexibility index (Phi) is 6.03. The molecule has 0 aromatic rings. The fourth-order valence-corrected chi connectivity index (χ4v) is 3.68. The van der Waals surface area contributed by atoms with E-state index in [4.69, 9.17) is 0 Å². The predicted octanol–water partition coefficient (Wildman–Crippen LogP) is 3.30. The van der Waals surface area contributed by atoms with Crippen LogP contribution in [-0.2, 0) is 9.59 Å². The van der Waals surface area contributed by atoms with Crippen LogP contribution in [0.15, 0.2) is 0 Å². The third kappa shape index (κ3) is 3.74. The SMILES string of the molecule is CCCN(C(C)=O)C1(C(=O)O)CCCC(CC(C)C)C1. The highest BCUT2D eigenvalue weighted by Gasteiger charge is 2.48. The van der Waals surface area contributed by atoms with Crippen LogP contribution in [0.5, 0.6) is 0 Å². The van der Waals surface area contributed by atoms with Crippen LogP contribution in [0.3, 0.4) is 0 Å². The van der Waals surface area contributed by atoms with Crippen molar-refractivity contribution in [1.82, 2.24) is 4.90 Å². The summed E-state index contributed by atoms with van der Waals surface area (Å²) in [6.07, 6.45) is 5.04. The molecule has 1 saturated carbocycles. The van der Waals surface area contributed by atoms with Gasteiger partial charge in [0, 0.05) is 13.5 Å². The zero-order chi connectivity index (χ0) is 15.3. The summed E-state index contributed by atoms with van der Waals surface area (Å²) in [6, 6.07) is 0. The van der Waals surface area contributed by atoms with Gasteiger partial charge in [0.05, 0.1) is 0 Å². The fraction of sp³-hybridized carbons (Fsp3) is 0.875. The van der Waals surface area contributed by atoms with Gasteiger partial charge in [-0.1, -0.05) is 33.6 Å². The van der Waals surface area contributed by atoms with E-state index in [9.17, 15) is 14.7 Å².